The zero-order valence-electron chi connectivity index (χ0n) is 20.0. The van der Waals surface area contributed by atoms with Crippen LogP contribution in [0.1, 0.15) is 32.3 Å². The minimum absolute atomic E-state index is 0.0108. The van der Waals surface area contributed by atoms with Gasteiger partial charge in [0.15, 0.2) is 0 Å². The van der Waals surface area contributed by atoms with Crippen molar-refractivity contribution in [2.75, 3.05) is 31.1 Å². The van der Waals surface area contributed by atoms with Crippen molar-refractivity contribution in [1.29, 1.82) is 0 Å². The molecular formula is C27H33N5O2. The van der Waals surface area contributed by atoms with E-state index in [1.54, 1.807) is 0 Å². The molecule has 2 aliphatic heterocycles. The van der Waals surface area contributed by atoms with Crippen molar-refractivity contribution < 1.29 is 9.53 Å². The molecule has 0 saturated carbocycles. The molecule has 7 heteroatoms. The molecule has 178 valence electrons. The quantitative estimate of drug-likeness (QED) is 0.579. The SMILES string of the molecule is C[C@@H]1CN(c2cnc3ccccc3n2)C[C@@H](C)N1C(=O)OC1CCN(Cc2ccccc2)CC1. The number of hydrogen-bond donors (Lipinski definition) is 0. The monoisotopic (exact) mass is 459 g/mol. The highest BCUT2D eigenvalue weighted by Crippen LogP contribution is 2.24. The van der Waals surface area contributed by atoms with E-state index in [2.05, 4.69) is 52.9 Å². The fourth-order valence-electron chi connectivity index (χ4n) is 5.20. The molecule has 1 amide bonds. The molecule has 7 nitrogen and oxygen atoms in total. The van der Waals surface area contributed by atoms with Crippen molar-refractivity contribution in [1.82, 2.24) is 19.8 Å². The molecule has 3 heterocycles. The summed E-state index contributed by atoms with van der Waals surface area (Å²) in [6, 6.07) is 18.5. The predicted octanol–water partition coefficient (Wildman–Crippen LogP) is 4.33. The third-order valence-corrected chi connectivity index (χ3v) is 6.94. The van der Waals surface area contributed by atoms with Gasteiger partial charge in [-0.25, -0.2) is 9.78 Å². The Morgan fingerprint density at radius 2 is 1.59 bits per heavy atom. The maximum Gasteiger partial charge on any atom is 0.410 e. The summed E-state index contributed by atoms with van der Waals surface area (Å²) in [7, 11) is 0. The highest BCUT2D eigenvalue weighted by molar-refractivity contribution is 5.75. The molecule has 5 rings (SSSR count). The van der Waals surface area contributed by atoms with E-state index in [-0.39, 0.29) is 24.3 Å². The van der Waals surface area contributed by atoms with Crippen LogP contribution < -0.4 is 4.90 Å². The van der Waals surface area contributed by atoms with Crippen LogP contribution in [0, 0.1) is 0 Å². The zero-order valence-corrected chi connectivity index (χ0v) is 20.0. The Morgan fingerprint density at radius 3 is 2.29 bits per heavy atom. The number of piperazine rings is 1. The number of hydrogen-bond acceptors (Lipinski definition) is 6. The first-order valence-corrected chi connectivity index (χ1v) is 12.3. The van der Waals surface area contributed by atoms with Crippen molar-refractivity contribution in [2.45, 2.75) is 51.4 Å². The summed E-state index contributed by atoms with van der Waals surface area (Å²) in [6.07, 6.45) is 3.40. The summed E-state index contributed by atoms with van der Waals surface area (Å²) >= 11 is 0. The Bertz CT molecular complexity index is 1100. The molecule has 34 heavy (non-hydrogen) atoms. The average molecular weight is 460 g/mol. The van der Waals surface area contributed by atoms with Crippen LogP contribution in [-0.4, -0.2) is 70.2 Å². The Hall–Kier alpha value is -3.19. The molecular weight excluding hydrogens is 426 g/mol. The molecule has 2 fully saturated rings. The number of fused-ring (bicyclic) bond motifs is 1. The van der Waals surface area contributed by atoms with Gasteiger partial charge in [0.25, 0.3) is 0 Å². The fourth-order valence-corrected chi connectivity index (χ4v) is 5.20. The number of benzene rings is 2. The second-order valence-corrected chi connectivity index (χ2v) is 9.57. The van der Waals surface area contributed by atoms with Gasteiger partial charge >= 0.3 is 6.09 Å². The van der Waals surface area contributed by atoms with Crippen LogP contribution in [0.2, 0.25) is 0 Å². The van der Waals surface area contributed by atoms with Gasteiger partial charge in [-0.15, -0.1) is 0 Å². The lowest BCUT2D eigenvalue weighted by molar-refractivity contribution is 0.0100. The van der Waals surface area contributed by atoms with E-state index in [4.69, 9.17) is 9.72 Å². The molecule has 2 aromatic carbocycles. The lowest BCUT2D eigenvalue weighted by Gasteiger charge is -2.44. The molecule has 0 unspecified atom stereocenters. The summed E-state index contributed by atoms with van der Waals surface area (Å²) in [5.41, 5.74) is 3.11. The van der Waals surface area contributed by atoms with E-state index in [0.717, 1.165) is 49.3 Å². The normalized spacial score (nSPS) is 22.2. The molecule has 0 N–H and O–H groups in total. The maximum atomic E-state index is 13.1. The minimum atomic E-state index is -0.189. The Labute approximate surface area is 201 Å². The van der Waals surface area contributed by atoms with E-state index in [1.165, 1.54) is 5.56 Å². The zero-order chi connectivity index (χ0) is 23.5. The van der Waals surface area contributed by atoms with Crippen molar-refractivity contribution >= 4 is 22.9 Å². The van der Waals surface area contributed by atoms with E-state index in [1.807, 2.05) is 41.4 Å². The number of rotatable bonds is 4. The molecule has 2 aliphatic rings. The fraction of sp³-hybridized carbons (Fsp3) is 0.444. The van der Waals surface area contributed by atoms with Gasteiger partial charge in [-0.05, 0) is 44.4 Å². The van der Waals surface area contributed by atoms with Gasteiger partial charge in [0.2, 0.25) is 0 Å². The Kier molecular flexibility index (Phi) is 6.63. The van der Waals surface area contributed by atoms with Crippen molar-refractivity contribution in [3.63, 3.8) is 0 Å². The van der Waals surface area contributed by atoms with Gasteiger partial charge in [-0.2, -0.15) is 0 Å². The van der Waals surface area contributed by atoms with Crippen LogP contribution in [0.15, 0.2) is 60.8 Å². The smallest absolute Gasteiger partial charge is 0.410 e. The average Bonchev–Trinajstić information content (AvgIpc) is 2.85. The summed E-state index contributed by atoms with van der Waals surface area (Å²) in [6.45, 7) is 8.44. The van der Waals surface area contributed by atoms with E-state index in [9.17, 15) is 4.79 Å². The topological polar surface area (TPSA) is 61.8 Å². The van der Waals surface area contributed by atoms with E-state index >= 15 is 0 Å². The molecule has 1 aromatic heterocycles. The maximum absolute atomic E-state index is 13.1. The Balaban J connectivity index is 1.15. The Morgan fingerprint density at radius 1 is 0.941 bits per heavy atom. The summed E-state index contributed by atoms with van der Waals surface area (Å²) < 4.78 is 5.98. The van der Waals surface area contributed by atoms with Crippen LogP contribution in [0.4, 0.5) is 10.6 Å². The highest BCUT2D eigenvalue weighted by atomic mass is 16.6. The first kappa shape index (κ1) is 22.6. The van der Waals surface area contributed by atoms with Crippen LogP contribution >= 0.6 is 0 Å². The predicted molar refractivity (Wildman–Crippen MR) is 134 cm³/mol. The standard InChI is InChI=1S/C27H33N5O2/c1-20-17-31(26-16-28-24-10-6-7-11-25(24)29-26)18-21(2)32(20)27(33)34-23-12-14-30(15-13-23)19-22-8-4-3-5-9-22/h3-11,16,20-21,23H,12-15,17-19H2,1-2H3/t20-,21-/m1/s1. The number of carbonyl (C=O) groups is 1. The summed E-state index contributed by atoms with van der Waals surface area (Å²) in [5, 5.41) is 0. The number of para-hydroxylation sites is 2. The van der Waals surface area contributed by atoms with E-state index in [0.29, 0.717) is 13.1 Å². The van der Waals surface area contributed by atoms with Crippen LogP contribution in [0.25, 0.3) is 11.0 Å². The number of aromatic nitrogens is 2. The minimum Gasteiger partial charge on any atom is -0.446 e. The van der Waals surface area contributed by atoms with Crippen molar-refractivity contribution in [3.8, 4) is 0 Å². The number of ether oxygens (including phenoxy) is 1. The van der Waals surface area contributed by atoms with Gasteiger partial charge < -0.3 is 9.64 Å². The lowest BCUT2D eigenvalue weighted by Crippen LogP contribution is -2.59. The molecule has 2 saturated heterocycles. The molecule has 3 aromatic rings. The third-order valence-electron chi connectivity index (χ3n) is 6.94. The molecule has 0 aliphatic carbocycles. The number of nitrogens with zero attached hydrogens (tertiary/aromatic N) is 5. The van der Waals surface area contributed by atoms with Crippen molar-refractivity contribution in [2.24, 2.45) is 0 Å². The van der Waals surface area contributed by atoms with Gasteiger partial charge in [0, 0.05) is 32.7 Å². The van der Waals surface area contributed by atoms with Gasteiger partial charge in [0.1, 0.15) is 11.9 Å². The van der Waals surface area contributed by atoms with Crippen LogP contribution in [0.5, 0.6) is 0 Å². The van der Waals surface area contributed by atoms with E-state index < -0.39 is 0 Å². The number of piperidine rings is 1. The highest BCUT2D eigenvalue weighted by Gasteiger charge is 2.36. The molecule has 0 spiro atoms. The number of amides is 1. The third kappa shape index (κ3) is 4.99. The largest absolute Gasteiger partial charge is 0.446 e. The first-order chi connectivity index (χ1) is 16.6. The second kappa shape index (κ2) is 9.97. The molecule has 0 bridgehead atoms. The summed E-state index contributed by atoms with van der Waals surface area (Å²) in [5.74, 6) is 0.858. The van der Waals surface area contributed by atoms with Gasteiger partial charge in [-0.1, -0.05) is 42.5 Å². The second-order valence-electron chi connectivity index (χ2n) is 9.57. The van der Waals surface area contributed by atoms with Gasteiger partial charge in [0.05, 0.1) is 29.3 Å². The lowest BCUT2D eigenvalue weighted by atomic mass is 10.1. The first-order valence-electron chi connectivity index (χ1n) is 12.3. The molecule has 2 atom stereocenters. The number of anilines is 1. The number of likely N-dealkylation sites (tertiary alicyclic amines) is 1. The van der Waals surface area contributed by atoms with Crippen LogP contribution in [-0.2, 0) is 11.3 Å². The molecule has 0 radical (unpaired) electrons. The summed E-state index contributed by atoms with van der Waals surface area (Å²) in [4.78, 5) is 29.0. The van der Waals surface area contributed by atoms with Crippen molar-refractivity contribution in [3.05, 3.63) is 66.4 Å². The van der Waals surface area contributed by atoms with Gasteiger partial charge in [-0.3, -0.25) is 14.8 Å². The van der Waals surface area contributed by atoms with Crippen LogP contribution in [0.3, 0.4) is 0 Å². The number of carbonyl (C=O) groups excluding carboxylic acids is 1.